The first-order valence-electron chi connectivity index (χ1n) is 5.36. The van der Waals surface area contributed by atoms with Gasteiger partial charge in [-0.3, -0.25) is 4.79 Å². The number of rotatable bonds is 3. The molecule has 0 spiro atoms. The molecule has 0 radical (unpaired) electrons. The Morgan fingerprint density at radius 3 is 2.88 bits per heavy atom. The van der Waals surface area contributed by atoms with Gasteiger partial charge >= 0.3 is 5.97 Å². The van der Waals surface area contributed by atoms with Crippen LogP contribution in [0.15, 0.2) is 24.3 Å². The average Bonchev–Trinajstić information content (AvgIpc) is 2.66. The molecule has 2 atom stereocenters. The minimum absolute atomic E-state index is 0. The van der Waals surface area contributed by atoms with Gasteiger partial charge in [0, 0.05) is 5.02 Å². The van der Waals surface area contributed by atoms with E-state index in [0.717, 1.165) is 18.0 Å². The largest absolute Gasteiger partial charge is 0.480 e. The van der Waals surface area contributed by atoms with Gasteiger partial charge in [0.2, 0.25) is 0 Å². The van der Waals surface area contributed by atoms with Gasteiger partial charge in [-0.25, -0.2) is 0 Å². The summed E-state index contributed by atoms with van der Waals surface area (Å²) in [6.07, 6.45) is 1.58. The van der Waals surface area contributed by atoms with Gasteiger partial charge in [-0.2, -0.15) is 0 Å². The topological polar surface area (TPSA) is 49.3 Å². The summed E-state index contributed by atoms with van der Waals surface area (Å²) in [7, 11) is 0. The maximum absolute atomic E-state index is 10.8. The number of carboxylic acid groups (broad SMARTS) is 1. The van der Waals surface area contributed by atoms with Gasteiger partial charge in [0.15, 0.2) is 0 Å². The predicted molar refractivity (Wildman–Crippen MR) is 69.9 cm³/mol. The van der Waals surface area contributed by atoms with E-state index < -0.39 is 5.97 Å². The molecule has 1 aromatic carbocycles. The van der Waals surface area contributed by atoms with Crippen LogP contribution in [0.25, 0.3) is 0 Å². The van der Waals surface area contributed by atoms with Crippen LogP contribution in [0.4, 0.5) is 0 Å². The summed E-state index contributed by atoms with van der Waals surface area (Å²) in [4.78, 5) is 10.8. The van der Waals surface area contributed by atoms with Crippen LogP contribution in [0.3, 0.4) is 0 Å². The zero-order valence-electron chi connectivity index (χ0n) is 9.23. The number of carbonyl (C=O) groups is 1. The highest BCUT2D eigenvalue weighted by molar-refractivity contribution is 6.30. The van der Waals surface area contributed by atoms with E-state index in [0.29, 0.717) is 12.3 Å². The van der Waals surface area contributed by atoms with Gasteiger partial charge < -0.3 is 10.4 Å². The zero-order chi connectivity index (χ0) is 11.5. The summed E-state index contributed by atoms with van der Waals surface area (Å²) in [5.74, 6) is -0.367. The van der Waals surface area contributed by atoms with Crippen LogP contribution in [0.2, 0.25) is 5.02 Å². The number of carboxylic acids is 1. The monoisotopic (exact) mass is 275 g/mol. The van der Waals surface area contributed by atoms with E-state index in [2.05, 4.69) is 5.32 Å². The molecule has 0 bridgehead atoms. The lowest BCUT2D eigenvalue weighted by molar-refractivity contribution is -0.139. The lowest BCUT2D eigenvalue weighted by Gasteiger charge is -2.08. The van der Waals surface area contributed by atoms with Gasteiger partial charge in [0.25, 0.3) is 0 Å². The van der Waals surface area contributed by atoms with Gasteiger partial charge in [-0.1, -0.05) is 23.7 Å². The van der Waals surface area contributed by atoms with Crippen molar-refractivity contribution >= 4 is 30.0 Å². The Morgan fingerprint density at radius 1 is 1.53 bits per heavy atom. The van der Waals surface area contributed by atoms with Crippen molar-refractivity contribution in [3.63, 3.8) is 0 Å². The van der Waals surface area contributed by atoms with E-state index in [9.17, 15) is 4.79 Å². The van der Waals surface area contributed by atoms with Crippen molar-refractivity contribution in [2.45, 2.75) is 18.9 Å². The SMILES string of the molecule is Cl.O=C(O)[C@H]1C[C@@H](Cc2cccc(Cl)c2)CN1. The van der Waals surface area contributed by atoms with Gasteiger partial charge in [-0.15, -0.1) is 12.4 Å². The van der Waals surface area contributed by atoms with Crippen LogP contribution >= 0.6 is 24.0 Å². The highest BCUT2D eigenvalue weighted by atomic mass is 35.5. The average molecular weight is 276 g/mol. The first-order chi connectivity index (χ1) is 7.65. The molecule has 1 fully saturated rings. The van der Waals surface area contributed by atoms with Crippen molar-refractivity contribution in [3.05, 3.63) is 34.9 Å². The number of nitrogens with one attached hydrogen (secondary N) is 1. The summed E-state index contributed by atoms with van der Waals surface area (Å²) in [5.41, 5.74) is 1.17. The van der Waals surface area contributed by atoms with Gasteiger partial charge in [0.1, 0.15) is 6.04 Å². The van der Waals surface area contributed by atoms with Crippen molar-refractivity contribution in [2.75, 3.05) is 6.54 Å². The summed E-state index contributed by atoms with van der Waals surface area (Å²) in [5, 5.41) is 12.6. The smallest absolute Gasteiger partial charge is 0.320 e. The van der Waals surface area contributed by atoms with E-state index >= 15 is 0 Å². The Balaban J connectivity index is 0.00000144. The van der Waals surface area contributed by atoms with Crippen LogP contribution in [0.1, 0.15) is 12.0 Å². The minimum atomic E-state index is -0.756. The number of halogens is 2. The molecule has 94 valence electrons. The maximum atomic E-state index is 10.8. The molecule has 3 nitrogen and oxygen atoms in total. The third-order valence-electron chi connectivity index (χ3n) is 2.93. The lowest BCUT2D eigenvalue weighted by Crippen LogP contribution is -2.29. The molecule has 0 saturated carbocycles. The van der Waals surface area contributed by atoms with Crippen LogP contribution in [-0.2, 0) is 11.2 Å². The van der Waals surface area contributed by atoms with Crippen LogP contribution in [0.5, 0.6) is 0 Å². The van der Waals surface area contributed by atoms with Gasteiger partial charge in [0.05, 0.1) is 0 Å². The predicted octanol–water partition coefficient (Wildman–Crippen LogP) is 2.37. The molecule has 1 aromatic rings. The second kappa shape index (κ2) is 6.24. The molecule has 0 amide bonds. The Morgan fingerprint density at radius 2 is 2.29 bits per heavy atom. The fraction of sp³-hybridized carbons (Fsp3) is 0.417. The normalized spacial score (nSPS) is 23.1. The van der Waals surface area contributed by atoms with Crippen LogP contribution in [0, 0.1) is 5.92 Å². The third kappa shape index (κ3) is 3.87. The number of aliphatic carboxylic acids is 1. The summed E-state index contributed by atoms with van der Waals surface area (Å²) < 4.78 is 0. The second-order valence-corrected chi connectivity index (χ2v) is 4.67. The molecule has 2 N–H and O–H groups in total. The minimum Gasteiger partial charge on any atom is -0.480 e. The standard InChI is InChI=1S/C12H14ClNO2.ClH/c13-10-3-1-2-8(5-10)4-9-6-11(12(15)16)14-7-9;/h1-3,5,9,11,14H,4,6-7H2,(H,15,16);1H/t9-,11-;/m1./s1. The molecule has 5 heteroatoms. The van der Waals surface area contributed by atoms with Crippen LogP contribution < -0.4 is 5.32 Å². The first kappa shape index (κ1) is 14.3. The second-order valence-electron chi connectivity index (χ2n) is 4.23. The third-order valence-corrected chi connectivity index (χ3v) is 3.17. The molecule has 0 aliphatic carbocycles. The lowest BCUT2D eigenvalue weighted by atomic mass is 9.97. The molecule has 0 aromatic heterocycles. The van der Waals surface area contributed by atoms with Crippen molar-refractivity contribution in [1.82, 2.24) is 5.32 Å². The Kier molecular flexibility index (Phi) is 5.25. The fourth-order valence-electron chi connectivity index (χ4n) is 2.15. The molecule has 17 heavy (non-hydrogen) atoms. The molecule has 1 aliphatic rings. The van der Waals surface area contributed by atoms with Crippen molar-refractivity contribution in [3.8, 4) is 0 Å². The molecule has 1 aliphatic heterocycles. The van der Waals surface area contributed by atoms with E-state index in [-0.39, 0.29) is 18.4 Å². The maximum Gasteiger partial charge on any atom is 0.320 e. The van der Waals surface area contributed by atoms with Gasteiger partial charge in [-0.05, 0) is 43.0 Å². The molecular formula is C12H15Cl2NO2. The Labute approximate surface area is 112 Å². The molecule has 2 rings (SSSR count). The van der Waals surface area contributed by atoms with E-state index in [1.54, 1.807) is 0 Å². The van der Waals surface area contributed by atoms with Crippen molar-refractivity contribution < 1.29 is 9.90 Å². The Hall–Kier alpha value is -0.770. The van der Waals surface area contributed by atoms with Crippen molar-refractivity contribution in [2.24, 2.45) is 5.92 Å². The number of hydrogen-bond acceptors (Lipinski definition) is 2. The Bertz CT molecular complexity index is 398. The van der Waals surface area contributed by atoms with E-state index in [4.69, 9.17) is 16.7 Å². The highest BCUT2D eigenvalue weighted by Gasteiger charge is 2.28. The quantitative estimate of drug-likeness (QED) is 0.891. The molecule has 0 unspecified atom stereocenters. The number of hydrogen-bond donors (Lipinski definition) is 2. The van der Waals surface area contributed by atoms with E-state index in [1.165, 1.54) is 5.56 Å². The molecular weight excluding hydrogens is 261 g/mol. The zero-order valence-corrected chi connectivity index (χ0v) is 10.8. The summed E-state index contributed by atoms with van der Waals surface area (Å²) >= 11 is 5.90. The summed E-state index contributed by atoms with van der Waals surface area (Å²) in [6, 6.07) is 7.35. The highest BCUT2D eigenvalue weighted by Crippen LogP contribution is 2.21. The van der Waals surface area contributed by atoms with Crippen LogP contribution in [-0.4, -0.2) is 23.7 Å². The van der Waals surface area contributed by atoms with Crippen molar-refractivity contribution in [1.29, 1.82) is 0 Å². The summed E-state index contributed by atoms with van der Waals surface area (Å²) in [6.45, 7) is 0.767. The van der Waals surface area contributed by atoms with E-state index in [1.807, 2.05) is 24.3 Å². The molecule has 1 saturated heterocycles. The number of benzene rings is 1. The fourth-order valence-corrected chi connectivity index (χ4v) is 2.36. The first-order valence-corrected chi connectivity index (χ1v) is 5.73. The molecule has 1 heterocycles.